The molecule has 0 unspecified atom stereocenters. The topological polar surface area (TPSA) is 124 Å². The number of methoxy groups -OCH3 is 3. The monoisotopic (exact) mass is 582 g/mol. The predicted octanol–water partition coefficient (Wildman–Crippen LogP) is 2.29. The number of para-hydroxylation sites is 1. The SMILES string of the molecule is CCN1C[C@]2(OC(=O)c3ccccc3NC(C)=O)CC[C@H](OC)[C@@]34[C@@H]5C[C@H]6[C@H](OC)[C@@H]5[C@](O)(C[C@@H]6OC)[C@@H](C(=O)[C@H]23)[C@@H]14. The fourth-order valence-corrected chi connectivity index (χ4v) is 11.3. The minimum atomic E-state index is -1.30. The van der Waals surface area contributed by atoms with Crippen molar-refractivity contribution < 1.29 is 38.4 Å². The van der Waals surface area contributed by atoms with Crippen molar-refractivity contribution >= 4 is 23.3 Å². The van der Waals surface area contributed by atoms with Crippen LogP contribution in [0.4, 0.5) is 5.69 Å². The number of esters is 1. The van der Waals surface area contributed by atoms with Gasteiger partial charge in [0, 0.05) is 64.5 Å². The van der Waals surface area contributed by atoms with E-state index in [9.17, 15) is 19.5 Å². The first-order valence-electron chi connectivity index (χ1n) is 15.3. The summed E-state index contributed by atoms with van der Waals surface area (Å²) in [5.74, 6) is -2.38. The van der Waals surface area contributed by atoms with Gasteiger partial charge in [-0.05, 0) is 43.9 Å². The minimum absolute atomic E-state index is 0.0271. The van der Waals surface area contributed by atoms with E-state index in [1.165, 1.54) is 6.92 Å². The zero-order chi connectivity index (χ0) is 29.8. The van der Waals surface area contributed by atoms with Gasteiger partial charge in [-0.1, -0.05) is 19.1 Å². The Labute approximate surface area is 246 Å². The molecule has 228 valence electrons. The number of Topliss-reactive ketones (excluding diaryl/α,β-unsaturated/α-hetero) is 1. The van der Waals surface area contributed by atoms with Gasteiger partial charge in [-0.15, -0.1) is 0 Å². The molecule has 1 aromatic carbocycles. The first kappa shape index (κ1) is 28.4. The number of carbonyl (C=O) groups is 3. The number of rotatable bonds is 7. The average Bonchev–Trinajstić information content (AvgIpc) is 3.41. The van der Waals surface area contributed by atoms with Crippen molar-refractivity contribution in [1.29, 1.82) is 0 Å². The molecule has 10 nitrogen and oxygen atoms in total. The molecule has 5 saturated carbocycles. The molecule has 0 radical (unpaired) electrons. The molecule has 10 heteroatoms. The van der Waals surface area contributed by atoms with Crippen molar-refractivity contribution in [3.05, 3.63) is 29.8 Å². The highest BCUT2D eigenvalue weighted by molar-refractivity contribution is 6.01. The van der Waals surface area contributed by atoms with Gasteiger partial charge in [-0.3, -0.25) is 14.5 Å². The van der Waals surface area contributed by atoms with Crippen molar-refractivity contribution in [2.24, 2.45) is 35.0 Å². The Kier molecular flexibility index (Phi) is 6.47. The number of nitrogens with zero attached hydrogens (tertiary/aromatic N) is 1. The smallest absolute Gasteiger partial charge is 0.340 e. The van der Waals surface area contributed by atoms with Crippen LogP contribution in [0.5, 0.6) is 0 Å². The van der Waals surface area contributed by atoms with E-state index in [0.717, 1.165) is 6.42 Å². The number of amides is 1. The number of hydrogen-bond acceptors (Lipinski definition) is 9. The van der Waals surface area contributed by atoms with Gasteiger partial charge in [0.15, 0.2) is 0 Å². The summed E-state index contributed by atoms with van der Waals surface area (Å²) >= 11 is 0. The van der Waals surface area contributed by atoms with Crippen LogP contribution in [0, 0.1) is 35.0 Å². The number of hydrogen-bond donors (Lipinski definition) is 2. The lowest BCUT2D eigenvalue weighted by Gasteiger charge is -2.68. The normalized spacial score (nSPS) is 46.4. The third-order valence-corrected chi connectivity index (χ3v) is 12.2. The molecule has 1 heterocycles. The van der Waals surface area contributed by atoms with E-state index in [2.05, 4.69) is 17.1 Å². The van der Waals surface area contributed by atoms with E-state index in [1.807, 2.05) is 0 Å². The van der Waals surface area contributed by atoms with Crippen LogP contribution in [0.3, 0.4) is 0 Å². The number of anilines is 1. The van der Waals surface area contributed by atoms with Gasteiger partial charge < -0.3 is 29.4 Å². The van der Waals surface area contributed by atoms with Gasteiger partial charge in [-0.25, -0.2) is 4.79 Å². The molecule has 1 aliphatic heterocycles. The molecule has 7 bridgehead atoms. The average molecular weight is 583 g/mol. The second-order valence-corrected chi connectivity index (χ2v) is 13.5. The van der Waals surface area contributed by atoms with Crippen LogP contribution in [0.25, 0.3) is 0 Å². The number of likely N-dealkylation sites (tertiary alicyclic amines) is 1. The van der Waals surface area contributed by atoms with Gasteiger partial charge in [0.1, 0.15) is 11.4 Å². The quantitative estimate of drug-likeness (QED) is 0.466. The maximum Gasteiger partial charge on any atom is 0.340 e. The first-order valence-corrected chi connectivity index (χ1v) is 15.3. The summed E-state index contributed by atoms with van der Waals surface area (Å²) in [5.41, 5.74) is -2.41. The Morgan fingerprint density at radius 2 is 1.90 bits per heavy atom. The summed E-state index contributed by atoms with van der Waals surface area (Å²) in [6.07, 6.45) is 1.57. The number of fused-ring (bicyclic) bond motifs is 2. The fourth-order valence-electron chi connectivity index (χ4n) is 11.3. The zero-order valence-electron chi connectivity index (χ0n) is 25.0. The molecular formula is C32H42N2O8. The molecule has 6 aliphatic rings. The lowest BCUT2D eigenvalue weighted by atomic mass is 9.45. The molecule has 12 atom stereocenters. The molecule has 7 rings (SSSR count). The van der Waals surface area contributed by atoms with Crippen molar-refractivity contribution in [3.8, 4) is 0 Å². The molecule has 0 aromatic heterocycles. The van der Waals surface area contributed by atoms with Crippen LogP contribution in [-0.2, 0) is 28.5 Å². The largest absolute Gasteiger partial charge is 0.453 e. The van der Waals surface area contributed by atoms with Crippen molar-refractivity contribution in [2.45, 2.75) is 75.1 Å². The summed E-state index contributed by atoms with van der Waals surface area (Å²) in [6, 6.07) is 6.57. The summed E-state index contributed by atoms with van der Waals surface area (Å²) in [6.45, 7) is 4.51. The van der Waals surface area contributed by atoms with Crippen LogP contribution < -0.4 is 5.32 Å². The Bertz CT molecular complexity index is 1320. The summed E-state index contributed by atoms with van der Waals surface area (Å²) in [4.78, 5) is 43.2. The predicted molar refractivity (Wildman–Crippen MR) is 151 cm³/mol. The van der Waals surface area contributed by atoms with Crippen molar-refractivity contribution in [2.75, 3.05) is 39.7 Å². The second kappa shape index (κ2) is 9.56. The Morgan fingerprint density at radius 1 is 1.14 bits per heavy atom. The van der Waals surface area contributed by atoms with Gasteiger partial charge in [0.05, 0.1) is 47.0 Å². The van der Waals surface area contributed by atoms with E-state index >= 15 is 0 Å². The number of ether oxygens (including phenoxy) is 4. The highest BCUT2D eigenvalue weighted by atomic mass is 16.6. The van der Waals surface area contributed by atoms with E-state index in [4.69, 9.17) is 18.9 Å². The molecule has 6 fully saturated rings. The number of carbonyl (C=O) groups excluding carboxylic acids is 3. The standard InChI is InChI=1S/C32H42N2O8/c1-6-34-15-30(42-29(37)17-9-7-8-10-20(17)33-16(2)35)12-11-22(40-4)32-19-13-18-21(39-3)14-31(38,23(19)26(18)41-5)24(28(32)34)25(36)27(30)32/h7-10,18-19,21-24,26-28,38H,6,11-15H2,1-5H3,(H,33,35)/t18-,19-,21+,22+,23-,24+,26+,27-,28-,30-,31-,32+/m1/s1. The number of nitrogens with one attached hydrogen (secondary N) is 1. The van der Waals surface area contributed by atoms with Crippen molar-refractivity contribution in [1.82, 2.24) is 4.90 Å². The molecule has 42 heavy (non-hydrogen) atoms. The fraction of sp³-hybridized carbons (Fsp3) is 0.719. The lowest BCUT2D eigenvalue weighted by molar-refractivity contribution is -0.284. The van der Waals surface area contributed by atoms with E-state index in [-0.39, 0.29) is 59.4 Å². The molecule has 1 saturated heterocycles. The third kappa shape index (κ3) is 3.30. The van der Waals surface area contributed by atoms with Gasteiger partial charge >= 0.3 is 5.97 Å². The molecule has 1 aromatic rings. The summed E-state index contributed by atoms with van der Waals surface area (Å²) < 4.78 is 25.0. The number of benzene rings is 1. The van der Waals surface area contributed by atoms with Gasteiger partial charge in [0.25, 0.3) is 0 Å². The van der Waals surface area contributed by atoms with Crippen LogP contribution >= 0.6 is 0 Å². The third-order valence-electron chi connectivity index (χ3n) is 12.2. The highest BCUT2D eigenvalue weighted by Gasteiger charge is 2.87. The van der Waals surface area contributed by atoms with Gasteiger partial charge in [0.2, 0.25) is 5.91 Å². The maximum atomic E-state index is 15.0. The molecule has 1 amide bonds. The lowest BCUT2D eigenvalue weighted by Crippen LogP contribution is -2.78. The molecule has 5 aliphatic carbocycles. The summed E-state index contributed by atoms with van der Waals surface area (Å²) in [5, 5.41) is 15.5. The Hall–Kier alpha value is -2.37. The van der Waals surface area contributed by atoms with Crippen LogP contribution in [0.15, 0.2) is 24.3 Å². The molecule has 1 spiro atoms. The Balaban J connectivity index is 1.39. The number of ketones is 1. The van der Waals surface area contributed by atoms with Crippen molar-refractivity contribution in [3.63, 3.8) is 0 Å². The van der Waals surface area contributed by atoms with Crippen LogP contribution in [0.1, 0.15) is 49.9 Å². The van der Waals surface area contributed by atoms with Crippen LogP contribution in [0.2, 0.25) is 0 Å². The van der Waals surface area contributed by atoms with E-state index in [0.29, 0.717) is 38.0 Å². The second-order valence-electron chi connectivity index (χ2n) is 13.5. The number of likely N-dealkylation sites (N-methyl/N-ethyl adjacent to an activating group) is 1. The first-order chi connectivity index (χ1) is 20.1. The zero-order valence-corrected chi connectivity index (χ0v) is 25.0. The number of piperidine rings is 1. The summed E-state index contributed by atoms with van der Waals surface area (Å²) in [7, 11) is 5.10. The molecular weight excluding hydrogens is 540 g/mol. The van der Waals surface area contributed by atoms with Gasteiger partial charge in [-0.2, -0.15) is 0 Å². The Morgan fingerprint density at radius 3 is 2.57 bits per heavy atom. The maximum absolute atomic E-state index is 15.0. The molecule has 2 N–H and O–H groups in total. The minimum Gasteiger partial charge on any atom is -0.453 e. The van der Waals surface area contributed by atoms with E-state index < -0.39 is 34.4 Å². The van der Waals surface area contributed by atoms with E-state index in [1.54, 1.807) is 45.6 Å². The highest BCUT2D eigenvalue weighted by Crippen LogP contribution is 2.77. The number of aliphatic hydroxyl groups is 1. The van der Waals surface area contributed by atoms with Crippen LogP contribution in [-0.4, -0.2) is 97.6 Å².